The first kappa shape index (κ1) is 18.6. The van der Waals surface area contributed by atoms with Gasteiger partial charge in [-0.2, -0.15) is 5.10 Å². The molecule has 1 fully saturated rings. The van der Waals surface area contributed by atoms with Gasteiger partial charge in [-0.3, -0.25) is 9.89 Å². The molecule has 140 valence electrons. The number of hydrogen-bond acceptors (Lipinski definition) is 4. The third kappa shape index (κ3) is 4.15. The van der Waals surface area contributed by atoms with Crippen molar-refractivity contribution in [2.45, 2.75) is 31.9 Å². The van der Waals surface area contributed by atoms with Gasteiger partial charge in [0.05, 0.1) is 16.7 Å². The average Bonchev–Trinajstić information content (AvgIpc) is 3.11. The molecule has 7 heteroatoms. The monoisotopic (exact) mass is 375 g/mol. The number of aromatic amines is 1. The summed E-state index contributed by atoms with van der Waals surface area (Å²) in [5.74, 6) is 0.215. The summed E-state index contributed by atoms with van der Waals surface area (Å²) in [6, 6.07) is 11.4. The molecule has 0 atom stereocenters. The van der Waals surface area contributed by atoms with Gasteiger partial charge in [0.15, 0.2) is 9.84 Å². The van der Waals surface area contributed by atoms with Crippen molar-refractivity contribution in [2.24, 2.45) is 5.92 Å². The van der Waals surface area contributed by atoms with Gasteiger partial charge in [-0.15, -0.1) is 0 Å². The first-order valence-electron chi connectivity index (χ1n) is 8.98. The summed E-state index contributed by atoms with van der Waals surface area (Å²) >= 11 is 0. The van der Waals surface area contributed by atoms with Gasteiger partial charge < -0.3 is 4.90 Å². The fourth-order valence-electron chi connectivity index (χ4n) is 3.38. The van der Waals surface area contributed by atoms with Crippen molar-refractivity contribution in [3.8, 4) is 11.3 Å². The third-order valence-electron chi connectivity index (χ3n) is 4.68. The molecule has 0 aliphatic carbocycles. The standard InChI is InChI=1S/C19H25N3O3S/c1-14(2)13-26(24,25)16-8-10-22(11-9-16)19(23)18-12-17(20-21-18)15-6-4-3-5-7-15/h3-7,12,14,16H,8-11,13H2,1-2H3,(H,20,21). The molecule has 0 saturated carbocycles. The van der Waals surface area contributed by atoms with Crippen molar-refractivity contribution in [1.82, 2.24) is 15.1 Å². The van der Waals surface area contributed by atoms with E-state index in [0.29, 0.717) is 31.6 Å². The summed E-state index contributed by atoms with van der Waals surface area (Å²) in [6.07, 6.45) is 1.00. The van der Waals surface area contributed by atoms with Gasteiger partial charge in [0, 0.05) is 18.7 Å². The van der Waals surface area contributed by atoms with Crippen molar-refractivity contribution in [3.05, 3.63) is 42.1 Å². The van der Waals surface area contributed by atoms with Gasteiger partial charge in [0.25, 0.3) is 5.91 Å². The minimum absolute atomic E-state index is 0.126. The molecular formula is C19H25N3O3S. The van der Waals surface area contributed by atoms with Crippen LogP contribution in [0.15, 0.2) is 36.4 Å². The molecule has 0 unspecified atom stereocenters. The zero-order chi connectivity index (χ0) is 18.7. The van der Waals surface area contributed by atoms with Gasteiger partial charge in [0.1, 0.15) is 5.69 Å². The van der Waals surface area contributed by atoms with E-state index in [0.717, 1.165) is 11.3 Å². The largest absolute Gasteiger partial charge is 0.337 e. The van der Waals surface area contributed by atoms with Crippen LogP contribution >= 0.6 is 0 Å². The smallest absolute Gasteiger partial charge is 0.271 e. The van der Waals surface area contributed by atoms with E-state index in [1.54, 1.807) is 11.0 Å². The number of amides is 1. The van der Waals surface area contributed by atoms with Crippen LogP contribution in [0.5, 0.6) is 0 Å². The lowest BCUT2D eigenvalue weighted by Gasteiger charge is -2.31. The van der Waals surface area contributed by atoms with Crippen LogP contribution in [0.3, 0.4) is 0 Å². The number of nitrogens with zero attached hydrogens (tertiary/aromatic N) is 2. The molecule has 1 N–H and O–H groups in total. The van der Waals surface area contributed by atoms with Crippen LogP contribution in [0.4, 0.5) is 0 Å². The average molecular weight is 375 g/mol. The van der Waals surface area contributed by atoms with Crippen LogP contribution in [-0.4, -0.2) is 53.5 Å². The maximum Gasteiger partial charge on any atom is 0.271 e. The Kier molecular flexibility index (Phi) is 5.46. The van der Waals surface area contributed by atoms with Crippen molar-refractivity contribution in [3.63, 3.8) is 0 Å². The number of rotatable bonds is 5. The summed E-state index contributed by atoms with van der Waals surface area (Å²) in [7, 11) is -3.09. The molecule has 0 spiro atoms. The summed E-state index contributed by atoms with van der Waals surface area (Å²) in [6.45, 7) is 4.75. The maximum atomic E-state index is 12.7. The fraction of sp³-hybridized carbons (Fsp3) is 0.474. The van der Waals surface area contributed by atoms with Crippen LogP contribution in [-0.2, 0) is 9.84 Å². The number of H-pyrrole nitrogens is 1. The summed E-state index contributed by atoms with van der Waals surface area (Å²) in [4.78, 5) is 14.4. The van der Waals surface area contributed by atoms with Gasteiger partial charge in [-0.25, -0.2) is 8.42 Å². The lowest BCUT2D eigenvalue weighted by atomic mass is 10.1. The zero-order valence-corrected chi connectivity index (χ0v) is 16.0. The van der Waals surface area contributed by atoms with Gasteiger partial charge in [0.2, 0.25) is 0 Å². The Morgan fingerprint density at radius 3 is 2.50 bits per heavy atom. The van der Waals surface area contributed by atoms with Crippen molar-refractivity contribution in [1.29, 1.82) is 0 Å². The second-order valence-electron chi connectivity index (χ2n) is 7.25. The fourth-order valence-corrected chi connectivity index (χ4v) is 5.51. The summed E-state index contributed by atoms with van der Waals surface area (Å²) in [5.41, 5.74) is 2.11. The Balaban J connectivity index is 1.63. The predicted octanol–water partition coefficient (Wildman–Crippen LogP) is 2.75. The van der Waals surface area contributed by atoms with Crippen molar-refractivity contribution < 1.29 is 13.2 Å². The highest BCUT2D eigenvalue weighted by Gasteiger charge is 2.32. The van der Waals surface area contributed by atoms with E-state index in [4.69, 9.17) is 0 Å². The molecule has 2 heterocycles. The number of piperidine rings is 1. The molecule has 1 aliphatic rings. The normalized spacial score (nSPS) is 16.2. The molecule has 0 radical (unpaired) electrons. The van der Waals surface area contributed by atoms with Crippen LogP contribution in [0, 0.1) is 5.92 Å². The zero-order valence-electron chi connectivity index (χ0n) is 15.2. The van der Waals surface area contributed by atoms with E-state index >= 15 is 0 Å². The van der Waals surface area contributed by atoms with Gasteiger partial charge in [-0.1, -0.05) is 44.2 Å². The Labute approximate surface area is 154 Å². The van der Waals surface area contributed by atoms with E-state index in [9.17, 15) is 13.2 Å². The number of carbonyl (C=O) groups excluding carboxylic acids is 1. The van der Waals surface area contributed by atoms with Crippen LogP contribution in [0.2, 0.25) is 0 Å². The highest BCUT2D eigenvalue weighted by Crippen LogP contribution is 2.23. The predicted molar refractivity (Wildman–Crippen MR) is 102 cm³/mol. The second-order valence-corrected chi connectivity index (χ2v) is 9.57. The molecule has 2 aromatic rings. The highest BCUT2D eigenvalue weighted by molar-refractivity contribution is 7.92. The molecule has 6 nitrogen and oxygen atoms in total. The Morgan fingerprint density at radius 2 is 1.88 bits per heavy atom. The van der Waals surface area contributed by atoms with Crippen molar-refractivity contribution >= 4 is 15.7 Å². The van der Waals surface area contributed by atoms with Crippen LogP contribution in [0.25, 0.3) is 11.3 Å². The van der Waals surface area contributed by atoms with E-state index in [-0.39, 0.29) is 22.8 Å². The minimum Gasteiger partial charge on any atom is -0.337 e. The van der Waals surface area contributed by atoms with Gasteiger partial charge in [-0.05, 0) is 24.8 Å². The number of likely N-dealkylation sites (tertiary alicyclic amines) is 1. The quantitative estimate of drug-likeness (QED) is 0.871. The molecule has 1 aromatic heterocycles. The van der Waals surface area contributed by atoms with Gasteiger partial charge >= 0.3 is 0 Å². The SMILES string of the molecule is CC(C)CS(=O)(=O)C1CCN(C(=O)c2cc(-c3ccccc3)n[nH]2)CC1. The second kappa shape index (κ2) is 7.61. The van der Waals surface area contributed by atoms with E-state index in [1.165, 1.54) is 0 Å². The molecule has 26 heavy (non-hydrogen) atoms. The summed E-state index contributed by atoms with van der Waals surface area (Å²) in [5, 5.41) is 6.69. The number of benzene rings is 1. The van der Waals surface area contributed by atoms with E-state index in [2.05, 4.69) is 10.2 Å². The van der Waals surface area contributed by atoms with E-state index in [1.807, 2.05) is 44.2 Å². The molecule has 1 aromatic carbocycles. The molecule has 1 saturated heterocycles. The van der Waals surface area contributed by atoms with Crippen LogP contribution < -0.4 is 0 Å². The molecule has 0 bridgehead atoms. The third-order valence-corrected chi connectivity index (χ3v) is 7.30. The van der Waals surface area contributed by atoms with Crippen molar-refractivity contribution in [2.75, 3.05) is 18.8 Å². The summed E-state index contributed by atoms with van der Waals surface area (Å²) < 4.78 is 24.8. The number of sulfone groups is 1. The molecular weight excluding hydrogens is 350 g/mol. The molecule has 1 amide bonds. The number of aromatic nitrogens is 2. The molecule has 3 rings (SSSR count). The number of carbonyl (C=O) groups is 1. The Hall–Kier alpha value is -2.15. The topological polar surface area (TPSA) is 83.1 Å². The van der Waals surface area contributed by atoms with E-state index < -0.39 is 9.84 Å². The number of hydrogen-bond donors (Lipinski definition) is 1. The lowest BCUT2D eigenvalue weighted by Crippen LogP contribution is -2.43. The Bertz CT molecular complexity index is 851. The number of nitrogens with one attached hydrogen (secondary N) is 1. The highest BCUT2D eigenvalue weighted by atomic mass is 32.2. The lowest BCUT2D eigenvalue weighted by molar-refractivity contribution is 0.0719. The molecule has 1 aliphatic heterocycles. The Morgan fingerprint density at radius 1 is 1.23 bits per heavy atom. The maximum absolute atomic E-state index is 12.7. The first-order chi connectivity index (χ1) is 12.4. The van der Waals surface area contributed by atoms with Crippen LogP contribution in [0.1, 0.15) is 37.2 Å². The minimum atomic E-state index is -3.09. The first-order valence-corrected chi connectivity index (χ1v) is 10.7.